The molecule has 1 saturated heterocycles. The van der Waals surface area contributed by atoms with E-state index in [4.69, 9.17) is 9.47 Å². The number of ether oxygens (including phenoxy) is 2. The van der Waals surface area contributed by atoms with Gasteiger partial charge < -0.3 is 14.4 Å². The number of benzene rings is 1. The van der Waals surface area contributed by atoms with Crippen molar-refractivity contribution in [3.8, 4) is 0 Å². The van der Waals surface area contributed by atoms with E-state index in [1.165, 1.54) is 11.1 Å². The minimum absolute atomic E-state index is 0.0192. The molecule has 0 N–H and O–H groups in total. The fraction of sp³-hybridized carbons (Fsp3) is 0.654. The number of aldehydes is 1. The Morgan fingerprint density at radius 2 is 1.78 bits per heavy atom. The molecule has 0 bridgehead atoms. The fourth-order valence-electron chi connectivity index (χ4n) is 4.74. The predicted octanol–water partition coefficient (Wildman–Crippen LogP) is 4.75. The van der Waals surface area contributed by atoms with Crippen LogP contribution in [0.3, 0.4) is 0 Å². The summed E-state index contributed by atoms with van der Waals surface area (Å²) in [5.74, 6) is -0.639. The van der Waals surface area contributed by atoms with Gasteiger partial charge in [-0.05, 0) is 108 Å². The summed E-state index contributed by atoms with van der Waals surface area (Å²) in [6.45, 7) is 12.2. The molecule has 32 heavy (non-hydrogen) atoms. The minimum Gasteiger partial charge on any atom is -0.460 e. The van der Waals surface area contributed by atoms with Crippen LogP contribution in [0.4, 0.5) is 4.79 Å². The summed E-state index contributed by atoms with van der Waals surface area (Å²) in [4.78, 5) is 39.1. The van der Waals surface area contributed by atoms with Crippen LogP contribution in [0.2, 0.25) is 0 Å². The van der Waals surface area contributed by atoms with Crippen LogP contribution in [0.25, 0.3) is 0 Å². The first-order valence-corrected chi connectivity index (χ1v) is 11.7. The number of hydrogen-bond donors (Lipinski definition) is 0. The van der Waals surface area contributed by atoms with Gasteiger partial charge in [-0.1, -0.05) is 0 Å². The van der Waals surface area contributed by atoms with Gasteiger partial charge in [0.05, 0.1) is 5.92 Å². The predicted molar refractivity (Wildman–Crippen MR) is 123 cm³/mol. The van der Waals surface area contributed by atoms with Gasteiger partial charge in [-0.25, -0.2) is 4.79 Å². The summed E-state index contributed by atoms with van der Waals surface area (Å²) in [5.41, 5.74) is 3.06. The molecule has 1 fully saturated rings. The van der Waals surface area contributed by atoms with Crippen LogP contribution in [-0.4, -0.2) is 47.5 Å². The molecule has 2 aliphatic rings. The second-order valence-electron chi connectivity index (χ2n) is 11.1. The molecule has 1 aliphatic carbocycles. The van der Waals surface area contributed by atoms with Gasteiger partial charge in [-0.3, -0.25) is 9.59 Å². The third-order valence-electron chi connectivity index (χ3n) is 6.06. The molecule has 2 atom stereocenters. The second kappa shape index (κ2) is 9.24. The third-order valence-corrected chi connectivity index (χ3v) is 6.06. The zero-order valence-electron chi connectivity index (χ0n) is 20.3. The maximum absolute atomic E-state index is 13.3. The largest absolute Gasteiger partial charge is 0.460 e. The number of aryl methyl sites for hydroxylation is 1. The molecule has 1 aromatic rings. The number of nitrogens with zero attached hydrogens (tertiary/aromatic N) is 1. The lowest BCUT2D eigenvalue weighted by Crippen LogP contribution is -2.38. The van der Waals surface area contributed by atoms with Gasteiger partial charge in [0.15, 0.2) is 0 Å². The fourth-order valence-corrected chi connectivity index (χ4v) is 4.74. The first-order chi connectivity index (χ1) is 14.9. The van der Waals surface area contributed by atoms with Crippen molar-refractivity contribution in [3.63, 3.8) is 0 Å². The lowest BCUT2D eigenvalue weighted by Gasteiger charge is -2.28. The highest BCUT2D eigenvalue weighted by molar-refractivity contribution is 5.77. The quantitative estimate of drug-likeness (QED) is 0.485. The molecule has 176 valence electrons. The average Bonchev–Trinajstić information content (AvgIpc) is 3.32. The van der Waals surface area contributed by atoms with E-state index in [1.807, 2.05) is 53.7 Å². The smallest absolute Gasteiger partial charge is 0.410 e. The van der Waals surface area contributed by atoms with E-state index >= 15 is 0 Å². The molecule has 0 saturated carbocycles. The Morgan fingerprint density at radius 3 is 2.41 bits per heavy atom. The Labute approximate surface area is 191 Å². The number of amides is 1. The molecular weight excluding hydrogens is 406 g/mol. The molecule has 6 heteroatoms. The van der Waals surface area contributed by atoms with Crippen LogP contribution in [0.5, 0.6) is 0 Å². The summed E-state index contributed by atoms with van der Waals surface area (Å²) in [6, 6.07) is 3.90. The van der Waals surface area contributed by atoms with Crippen molar-refractivity contribution in [3.05, 3.63) is 34.4 Å². The molecule has 1 amide bonds. The van der Waals surface area contributed by atoms with Gasteiger partial charge >= 0.3 is 12.1 Å². The molecular formula is C26H37NO5. The number of rotatable bonds is 5. The van der Waals surface area contributed by atoms with Crippen LogP contribution >= 0.6 is 0 Å². The average molecular weight is 444 g/mol. The van der Waals surface area contributed by atoms with E-state index in [0.717, 1.165) is 37.5 Å². The maximum atomic E-state index is 13.3. The molecule has 3 rings (SSSR count). The zero-order chi connectivity index (χ0) is 23.7. The van der Waals surface area contributed by atoms with Crippen LogP contribution in [0.1, 0.15) is 81.4 Å². The van der Waals surface area contributed by atoms with Crippen molar-refractivity contribution < 1.29 is 23.9 Å². The minimum atomic E-state index is -0.592. The van der Waals surface area contributed by atoms with Gasteiger partial charge in [-0.15, -0.1) is 0 Å². The van der Waals surface area contributed by atoms with E-state index < -0.39 is 11.2 Å². The molecule has 6 nitrogen and oxygen atoms in total. The van der Waals surface area contributed by atoms with E-state index in [-0.39, 0.29) is 23.9 Å². The number of likely N-dealkylation sites (tertiary alicyclic amines) is 1. The first kappa shape index (κ1) is 24.3. The molecule has 1 aromatic carbocycles. The summed E-state index contributed by atoms with van der Waals surface area (Å²) in [6.07, 6.45) is 4.79. The summed E-state index contributed by atoms with van der Waals surface area (Å²) in [5, 5.41) is 0. The Morgan fingerprint density at radius 1 is 1.09 bits per heavy atom. The third kappa shape index (κ3) is 6.11. The standard InChI is InChI=1S/C26H37NO5/c1-25(2,3)31-23(29)22(19-10-11-27(15-19)24(30)32-26(4,5)6)14-20-13-17(16-28)12-18-8-7-9-21(18)20/h12-13,16,19,22H,7-11,14-15H2,1-6H3/t19-,22-/m0/s1. The Bertz CT molecular complexity index is 877. The van der Waals surface area contributed by atoms with Crippen LogP contribution in [-0.2, 0) is 33.5 Å². The number of fused-ring (bicyclic) bond motifs is 1. The molecule has 0 aromatic heterocycles. The molecule has 1 heterocycles. The number of esters is 1. The van der Waals surface area contributed by atoms with Crippen molar-refractivity contribution >= 4 is 18.3 Å². The molecule has 0 spiro atoms. The highest BCUT2D eigenvalue weighted by Crippen LogP contribution is 2.34. The molecule has 1 aliphatic heterocycles. The van der Waals surface area contributed by atoms with E-state index in [2.05, 4.69) is 0 Å². The number of carbonyl (C=O) groups is 3. The molecule has 0 radical (unpaired) electrons. The van der Waals surface area contributed by atoms with Gasteiger partial charge in [0.25, 0.3) is 0 Å². The van der Waals surface area contributed by atoms with E-state index in [0.29, 0.717) is 25.1 Å². The van der Waals surface area contributed by atoms with Crippen LogP contribution < -0.4 is 0 Å². The zero-order valence-corrected chi connectivity index (χ0v) is 20.3. The van der Waals surface area contributed by atoms with E-state index in [1.54, 1.807) is 4.90 Å². The summed E-state index contributed by atoms with van der Waals surface area (Å²) < 4.78 is 11.3. The first-order valence-electron chi connectivity index (χ1n) is 11.7. The normalized spacial score (nSPS) is 19.4. The van der Waals surface area contributed by atoms with Crippen molar-refractivity contribution in [1.29, 1.82) is 0 Å². The highest BCUT2D eigenvalue weighted by atomic mass is 16.6. The number of carbonyl (C=O) groups excluding carboxylic acids is 3. The van der Waals surface area contributed by atoms with Crippen molar-refractivity contribution in [2.24, 2.45) is 11.8 Å². The lowest BCUT2D eigenvalue weighted by atomic mass is 9.83. The van der Waals surface area contributed by atoms with Gasteiger partial charge in [0.2, 0.25) is 0 Å². The maximum Gasteiger partial charge on any atom is 0.410 e. The van der Waals surface area contributed by atoms with Crippen LogP contribution in [0, 0.1) is 11.8 Å². The SMILES string of the molecule is CC(C)(C)OC(=O)[C@@H](Cc1cc(C=O)cc2c1CCC2)[C@H]1CCN(C(=O)OC(C)(C)C)C1. The van der Waals surface area contributed by atoms with Crippen molar-refractivity contribution in [1.82, 2.24) is 4.90 Å². The van der Waals surface area contributed by atoms with Crippen molar-refractivity contribution in [2.45, 2.75) is 84.8 Å². The summed E-state index contributed by atoms with van der Waals surface area (Å²) >= 11 is 0. The second-order valence-corrected chi connectivity index (χ2v) is 11.1. The highest BCUT2D eigenvalue weighted by Gasteiger charge is 2.39. The summed E-state index contributed by atoms with van der Waals surface area (Å²) in [7, 11) is 0. The topological polar surface area (TPSA) is 72.9 Å². The van der Waals surface area contributed by atoms with Crippen molar-refractivity contribution in [2.75, 3.05) is 13.1 Å². The molecule has 0 unspecified atom stereocenters. The Balaban J connectivity index is 1.85. The van der Waals surface area contributed by atoms with Gasteiger partial charge in [0, 0.05) is 18.7 Å². The lowest BCUT2D eigenvalue weighted by molar-refractivity contribution is -0.161. The van der Waals surface area contributed by atoms with Crippen LogP contribution in [0.15, 0.2) is 12.1 Å². The Kier molecular flexibility index (Phi) is 7.01. The van der Waals surface area contributed by atoms with E-state index in [9.17, 15) is 14.4 Å². The van der Waals surface area contributed by atoms with Gasteiger partial charge in [0.1, 0.15) is 17.5 Å². The Hall–Kier alpha value is -2.37. The monoisotopic (exact) mass is 443 g/mol. The van der Waals surface area contributed by atoms with Gasteiger partial charge in [-0.2, -0.15) is 0 Å². The number of hydrogen-bond acceptors (Lipinski definition) is 5.